The van der Waals surface area contributed by atoms with Crippen molar-refractivity contribution in [1.82, 2.24) is 10.6 Å². The highest BCUT2D eigenvalue weighted by Gasteiger charge is 2.27. The van der Waals surface area contributed by atoms with Gasteiger partial charge in [-0.15, -0.1) is 0 Å². The third-order valence-electron chi connectivity index (χ3n) is 4.01. The number of hydrogen-bond donors (Lipinski definition) is 2. The summed E-state index contributed by atoms with van der Waals surface area (Å²) in [6.45, 7) is 0.691. The number of benzene rings is 2. The smallest absolute Gasteiger partial charge is 0.367 e. The lowest BCUT2D eigenvalue weighted by Crippen LogP contribution is -2.38. The van der Waals surface area contributed by atoms with Crippen molar-refractivity contribution in [2.75, 3.05) is 13.7 Å². The first-order valence-corrected chi connectivity index (χ1v) is 8.82. The standard InChI is InChI=1S/C20H22F5N3O/c1-13(16-6-7-17(21)18(22)9-16)28-19(26-2)27-10-14-4-3-5-15(8-14)11-29-12-20(23,24)25/h3-9,13H,10-12H2,1-2H3,(H2,26,27,28). The van der Waals surface area contributed by atoms with Gasteiger partial charge in [0.2, 0.25) is 0 Å². The number of ether oxygens (including phenoxy) is 1. The van der Waals surface area contributed by atoms with Crippen LogP contribution in [0.4, 0.5) is 22.0 Å². The minimum absolute atomic E-state index is 0.145. The average Bonchev–Trinajstić information content (AvgIpc) is 2.66. The van der Waals surface area contributed by atoms with Gasteiger partial charge in [0.1, 0.15) is 6.61 Å². The molecular formula is C20H22F5N3O. The molecule has 2 aromatic carbocycles. The fraction of sp³-hybridized carbons (Fsp3) is 0.350. The van der Waals surface area contributed by atoms with Crippen molar-refractivity contribution in [3.63, 3.8) is 0 Å². The van der Waals surface area contributed by atoms with Gasteiger partial charge in [0, 0.05) is 13.6 Å². The normalized spacial score (nSPS) is 13.3. The first kappa shape index (κ1) is 22.6. The summed E-state index contributed by atoms with van der Waals surface area (Å²) >= 11 is 0. The Hall–Kier alpha value is -2.68. The largest absolute Gasteiger partial charge is 0.411 e. The molecular weight excluding hydrogens is 393 g/mol. The molecule has 0 spiro atoms. The van der Waals surface area contributed by atoms with Gasteiger partial charge >= 0.3 is 6.18 Å². The van der Waals surface area contributed by atoms with Gasteiger partial charge in [-0.3, -0.25) is 4.99 Å². The average molecular weight is 415 g/mol. The van der Waals surface area contributed by atoms with Crippen LogP contribution >= 0.6 is 0 Å². The van der Waals surface area contributed by atoms with Crippen molar-refractivity contribution in [3.8, 4) is 0 Å². The highest BCUT2D eigenvalue weighted by Crippen LogP contribution is 2.17. The number of guanidine groups is 1. The molecule has 0 saturated heterocycles. The van der Waals surface area contributed by atoms with E-state index in [4.69, 9.17) is 0 Å². The Kier molecular flexibility index (Phi) is 7.95. The maximum absolute atomic E-state index is 13.4. The topological polar surface area (TPSA) is 45.7 Å². The van der Waals surface area contributed by atoms with Crippen molar-refractivity contribution in [2.24, 2.45) is 4.99 Å². The highest BCUT2D eigenvalue weighted by atomic mass is 19.4. The van der Waals surface area contributed by atoms with Gasteiger partial charge in [0.15, 0.2) is 17.6 Å². The molecule has 0 aliphatic heterocycles. The second-order valence-corrected chi connectivity index (χ2v) is 6.39. The summed E-state index contributed by atoms with van der Waals surface area (Å²) in [5.41, 5.74) is 1.99. The molecule has 2 aromatic rings. The van der Waals surface area contributed by atoms with E-state index in [1.165, 1.54) is 6.07 Å². The van der Waals surface area contributed by atoms with Crippen molar-refractivity contribution in [1.29, 1.82) is 0 Å². The molecule has 4 nitrogen and oxygen atoms in total. The molecule has 2 N–H and O–H groups in total. The summed E-state index contributed by atoms with van der Waals surface area (Å²) in [7, 11) is 1.56. The van der Waals surface area contributed by atoms with E-state index in [0.29, 0.717) is 23.6 Å². The number of aliphatic imine (C=N–C) groups is 1. The van der Waals surface area contributed by atoms with Gasteiger partial charge in [-0.2, -0.15) is 13.2 Å². The third kappa shape index (κ3) is 7.69. The maximum Gasteiger partial charge on any atom is 0.411 e. The van der Waals surface area contributed by atoms with Crippen LogP contribution < -0.4 is 10.6 Å². The number of nitrogens with one attached hydrogen (secondary N) is 2. The Balaban J connectivity index is 1.90. The first-order valence-electron chi connectivity index (χ1n) is 8.82. The van der Waals surface area contributed by atoms with Gasteiger partial charge in [-0.1, -0.05) is 30.3 Å². The van der Waals surface area contributed by atoms with Gasteiger partial charge in [0.25, 0.3) is 0 Å². The van der Waals surface area contributed by atoms with Crippen molar-refractivity contribution < 1.29 is 26.7 Å². The maximum atomic E-state index is 13.4. The van der Waals surface area contributed by atoms with Crippen LogP contribution in [-0.4, -0.2) is 25.8 Å². The number of hydrogen-bond acceptors (Lipinski definition) is 2. The molecule has 2 rings (SSSR count). The van der Waals surface area contributed by atoms with Crippen molar-refractivity contribution >= 4 is 5.96 Å². The van der Waals surface area contributed by atoms with Gasteiger partial charge in [0.05, 0.1) is 12.6 Å². The van der Waals surface area contributed by atoms with Crippen LogP contribution in [0.1, 0.15) is 29.7 Å². The highest BCUT2D eigenvalue weighted by molar-refractivity contribution is 5.80. The molecule has 158 valence electrons. The molecule has 0 radical (unpaired) electrons. The lowest BCUT2D eigenvalue weighted by Gasteiger charge is -2.18. The van der Waals surface area contributed by atoms with Crippen LogP contribution in [0.5, 0.6) is 0 Å². The summed E-state index contributed by atoms with van der Waals surface area (Å²) in [5, 5.41) is 6.14. The molecule has 0 aliphatic rings. The monoisotopic (exact) mass is 415 g/mol. The first-order chi connectivity index (χ1) is 13.7. The second-order valence-electron chi connectivity index (χ2n) is 6.39. The predicted octanol–water partition coefficient (Wildman–Crippen LogP) is 4.47. The fourth-order valence-electron chi connectivity index (χ4n) is 2.56. The molecule has 1 unspecified atom stereocenters. The summed E-state index contributed by atoms with van der Waals surface area (Å²) < 4.78 is 67.6. The van der Waals surface area contributed by atoms with E-state index >= 15 is 0 Å². The van der Waals surface area contributed by atoms with Gasteiger partial charge < -0.3 is 15.4 Å². The van der Waals surface area contributed by atoms with Crippen LogP contribution in [0.2, 0.25) is 0 Å². The number of alkyl halides is 3. The zero-order chi connectivity index (χ0) is 21.4. The Morgan fingerprint density at radius 2 is 1.79 bits per heavy atom. The van der Waals surface area contributed by atoms with E-state index in [1.807, 2.05) is 6.07 Å². The number of nitrogens with zero attached hydrogens (tertiary/aromatic N) is 1. The van der Waals surface area contributed by atoms with E-state index in [9.17, 15) is 22.0 Å². The Labute approximate surface area is 165 Å². The lowest BCUT2D eigenvalue weighted by atomic mass is 10.1. The lowest BCUT2D eigenvalue weighted by molar-refractivity contribution is -0.176. The van der Waals surface area contributed by atoms with Crippen molar-refractivity contribution in [3.05, 3.63) is 70.8 Å². The quantitative estimate of drug-likeness (QED) is 0.399. The molecule has 0 fully saturated rings. The summed E-state index contributed by atoms with van der Waals surface area (Å²) in [4.78, 5) is 4.08. The van der Waals surface area contributed by atoms with E-state index in [-0.39, 0.29) is 12.6 Å². The molecule has 0 bridgehead atoms. The predicted molar refractivity (Wildman–Crippen MR) is 100 cm³/mol. The molecule has 1 atom stereocenters. The molecule has 29 heavy (non-hydrogen) atoms. The fourth-order valence-corrected chi connectivity index (χ4v) is 2.56. The summed E-state index contributed by atoms with van der Waals surface area (Å²) in [6.07, 6.45) is -4.36. The molecule has 9 heteroatoms. The van der Waals surface area contributed by atoms with E-state index in [1.54, 1.807) is 32.2 Å². The molecule has 0 amide bonds. The summed E-state index contributed by atoms with van der Waals surface area (Å²) in [5.74, 6) is -1.41. The zero-order valence-corrected chi connectivity index (χ0v) is 16.0. The van der Waals surface area contributed by atoms with Crippen LogP contribution in [-0.2, 0) is 17.9 Å². The van der Waals surface area contributed by atoms with Crippen LogP contribution in [0.15, 0.2) is 47.5 Å². The van der Waals surface area contributed by atoms with Gasteiger partial charge in [-0.05, 0) is 35.7 Å². The Bertz CT molecular complexity index is 839. The second kappa shape index (κ2) is 10.2. The zero-order valence-electron chi connectivity index (χ0n) is 16.0. The SMILES string of the molecule is CN=C(NCc1cccc(COCC(F)(F)F)c1)NC(C)c1ccc(F)c(F)c1. The third-order valence-corrected chi connectivity index (χ3v) is 4.01. The Morgan fingerprint density at radius 1 is 1.07 bits per heavy atom. The van der Waals surface area contributed by atoms with Crippen LogP contribution in [0.25, 0.3) is 0 Å². The molecule has 0 saturated carbocycles. The molecule has 0 aliphatic carbocycles. The summed E-state index contributed by atoms with van der Waals surface area (Å²) in [6, 6.07) is 10.3. The van der Waals surface area contributed by atoms with E-state index in [0.717, 1.165) is 17.7 Å². The number of rotatable bonds is 7. The van der Waals surface area contributed by atoms with Crippen LogP contribution in [0, 0.1) is 11.6 Å². The van der Waals surface area contributed by atoms with Crippen molar-refractivity contribution in [2.45, 2.75) is 32.3 Å². The van der Waals surface area contributed by atoms with E-state index in [2.05, 4.69) is 20.4 Å². The van der Waals surface area contributed by atoms with Crippen LogP contribution in [0.3, 0.4) is 0 Å². The number of halogens is 5. The van der Waals surface area contributed by atoms with E-state index < -0.39 is 24.4 Å². The minimum Gasteiger partial charge on any atom is -0.367 e. The molecule has 0 heterocycles. The van der Waals surface area contributed by atoms with Gasteiger partial charge in [-0.25, -0.2) is 8.78 Å². The minimum atomic E-state index is -4.36. The molecule has 0 aromatic heterocycles. The Morgan fingerprint density at radius 3 is 2.45 bits per heavy atom.